The molecule has 0 bridgehead atoms. The second-order valence-electron chi connectivity index (χ2n) is 9.26. The number of nitrogens with zero attached hydrogens (tertiary/aromatic N) is 1. The molecule has 7 heteroatoms. The lowest BCUT2D eigenvalue weighted by Gasteiger charge is -2.23. The van der Waals surface area contributed by atoms with E-state index in [4.69, 9.17) is 4.42 Å². The predicted octanol–water partition coefficient (Wildman–Crippen LogP) is 6.96. The van der Waals surface area contributed by atoms with Crippen molar-refractivity contribution in [2.24, 2.45) is 0 Å². The Bertz CT molecular complexity index is 1930. The number of amides is 1. The van der Waals surface area contributed by atoms with E-state index in [1.165, 1.54) is 10.6 Å². The SMILES string of the molecule is CS(=O)(=O)N(Cc1ccc(C(=O)Nc2ccc3c(c2)oc2ccccc23)cc1)c1ccc2ccccc2c1. The first-order chi connectivity index (χ1) is 18.3. The highest BCUT2D eigenvalue weighted by atomic mass is 32.2. The van der Waals surface area contributed by atoms with E-state index < -0.39 is 10.0 Å². The first-order valence-electron chi connectivity index (χ1n) is 12.1. The standard InChI is InChI=1S/C31H24N2O4S/c1-38(35,36)33(26-16-14-22-6-2-3-7-24(22)18-26)20-21-10-12-23(13-11-21)31(34)32-25-15-17-28-27-8-4-5-9-29(27)37-30(28)19-25/h2-19H,20H2,1H3,(H,32,34). The molecule has 5 aromatic carbocycles. The summed E-state index contributed by atoms with van der Waals surface area (Å²) >= 11 is 0. The topological polar surface area (TPSA) is 79.6 Å². The van der Waals surface area contributed by atoms with Crippen LogP contribution in [0.25, 0.3) is 32.7 Å². The lowest BCUT2D eigenvalue weighted by atomic mass is 10.1. The van der Waals surface area contributed by atoms with Gasteiger partial charge in [0, 0.05) is 28.1 Å². The molecule has 0 spiro atoms. The zero-order valence-electron chi connectivity index (χ0n) is 20.6. The molecule has 0 atom stereocenters. The third-order valence-electron chi connectivity index (χ3n) is 6.60. The monoisotopic (exact) mass is 520 g/mol. The van der Waals surface area contributed by atoms with Crippen molar-refractivity contribution in [2.45, 2.75) is 6.54 Å². The Labute approximate surface area is 220 Å². The van der Waals surface area contributed by atoms with Gasteiger partial charge in [-0.05, 0) is 58.8 Å². The number of para-hydroxylation sites is 1. The minimum atomic E-state index is -3.53. The van der Waals surface area contributed by atoms with Crippen molar-refractivity contribution < 1.29 is 17.6 Å². The fraction of sp³-hybridized carbons (Fsp3) is 0.0645. The molecule has 0 radical (unpaired) electrons. The van der Waals surface area contributed by atoms with Gasteiger partial charge in [-0.25, -0.2) is 8.42 Å². The van der Waals surface area contributed by atoms with Crippen LogP contribution in [-0.4, -0.2) is 20.6 Å². The normalized spacial score (nSPS) is 11.7. The summed E-state index contributed by atoms with van der Waals surface area (Å²) in [6, 6.07) is 33.8. The molecule has 0 unspecified atom stereocenters. The number of hydrogen-bond acceptors (Lipinski definition) is 4. The Kier molecular flexibility index (Phi) is 5.85. The van der Waals surface area contributed by atoms with Crippen molar-refractivity contribution in [1.82, 2.24) is 0 Å². The molecular formula is C31H24N2O4S. The number of nitrogens with one attached hydrogen (secondary N) is 1. The molecule has 0 saturated carbocycles. The second-order valence-corrected chi connectivity index (χ2v) is 11.2. The molecule has 6 rings (SSSR count). The molecule has 0 fully saturated rings. The van der Waals surface area contributed by atoms with Crippen LogP contribution in [0.15, 0.2) is 114 Å². The number of furan rings is 1. The quantitative estimate of drug-likeness (QED) is 0.258. The Balaban J connectivity index is 1.21. The van der Waals surface area contributed by atoms with Crippen molar-refractivity contribution in [1.29, 1.82) is 0 Å². The molecule has 0 aliphatic rings. The summed E-state index contributed by atoms with van der Waals surface area (Å²) in [5.41, 5.74) is 3.96. The predicted molar refractivity (Wildman–Crippen MR) is 153 cm³/mol. The molecule has 1 amide bonds. The molecule has 1 heterocycles. The van der Waals surface area contributed by atoms with Crippen LogP contribution < -0.4 is 9.62 Å². The Morgan fingerprint density at radius 3 is 2.26 bits per heavy atom. The van der Waals surface area contributed by atoms with Crippen LogP contribution in [0.3, 0.4) is 0 Å². The van der Waals surface area contributed by atoms with E-state index in [2.05, 4.69) is 5.32 Å². The van der Waals surface area contributed by atoms with Gasteiger partial charge in [0.25, 0.3) is 5.91 Å². The fourth-order valence-electron chi connectivity index (χ4n) is 4.67. The van der Waals surface area contributed by atoms with Gasteiger partial charge < -0.3 is 9.73 Å². The summed E-state index contributed by atoms with van der Waals surface area (Å²) in [4.78, 5) is 12.9. The van der Waals surface area contributed by atoms with E-state index in [9.17, 15) is 13.2 Å². The third-order valence-corrected chi connectivity index (χ3v) is 7.74. The number of hydrogen-bond donors (Lipinski definition) is 1. The second kappa shape index (κ2) is 9.36. The third kappa shape index (κ3) is 4.60. The zero-order valence-corrected chi connectivity index (χ0v) is 21.4. The molecule has 0 aliphatic heterocycles. The number of anilines is 2. The van der Waals surface area contributed by atoms with Crippen LogP contribution >= 0.6 is 0 Å². The van der Waals surface area contributed by atoms with E-state index >= 15 is 0 Å². The molecule has 6 nitrogen and oxygen atoms in total. The number of benzene rings is 5. The summed E-state index contributed by atoms with van der Waals surface area (Å²) in [5.74, 6) is -0.262. The summed E-state index contributed by atoms with van der Waals surface area (Å²) in [6.07, 6.45) is 1.20. The van der Waals surface area contributed by atoms with Crippen LogP contribution in [0.4, 0.5) is 11.4 Å². The lowest BCUT2D eigenvalue weighted by molar-refractivity contribution is 0.102. The Hall–Kier alpha value is -4.62. The summed E-state index contributed by atoms with van der Waals surface area (Å²) in [7, 11) is -3.53. The Morgan fingerprint density at radius 2 is 1.47 bits per heavy atom. The molecule has 38 heavy (non-hydrogen) atoms. The first-order valence-corrected chi connectivity index (χ1v) is 14.0. The molecule has 0 aliphatic carbocycles. The van der Waals surface area contributed by atoms with Crippen LogP contribution in [-0.2, 0) is 16.6 Å². The van der Waals surface area contributed by atoms with E-state index in [0.717, 1.165) is 32.7 Å². The summed E-state index contributed by atoms with van der Waals surface area (Å²) in [5, 5.41) is 6.94. The number of sulfonamides is 1. The Morgan fingerprint density at radius 1 is 0.763 bits per heavy atom. The molecule has 0 saturated heterocycles. The lowest BCUT2D eigenvalue weighted by Crippen LogP contribution is -2.29. The number of rotatable bonds is 6. The van der Waals surface area contributed by atoms with Crippen molar-refractivity contribution >= 4 is 60.0 Å². The van der Waals surface area contributed by atoms with E-state index in [1.54, 1.807) is 24.3 Å². The number of carbonyl (C=O) groups is 1. The maximum Gasteiger partial charge on any atom is 0.255 e. The summed E-state index contributed by atoms with van der Waals surface area (Å²) < 4.78 is 32.6. The van der Waals surface area contributed by atoms with Gasteiger partial charge in [-0.3, -0.25) is 9.10 Å². The smallest absolute Gasteiger partial charge is 0.255 e. The maximum absolute atomic E-state index is 12.9. The van der Waals surface area contributed by atoms with Gasteiger partial charge in [-0.1, -0.05) is 60.7 Å². The van der Waals surface area contributed by atoms with Crippen LogP contribution in [0.2, 0.25) is 0 Å². The van der Waals surface area contributed by atoms with Gasteiger partial charge in [0.15, 0.2) is 0 Å². The van der Waals surface area contributed by atoms with E-state index in [1.807, 2.05) is 84.9 Å². The van der Waals surface area contributed by atoms with Crippen LogP contribution in [0, 0.1) is 0 Å². The molecule has 1 aromatic heterocycles. The van der Waals surface area contributed by atoms with Gasteiger partial charge in [-0.15, -0.1) is 0 Å². The van der Waals surface area contributed by atoms with Gasteiger partial charge in [-0.2, -0.15) is 0 Å². The molecule has 6 aromatic rings. The average Bonchev–Trinajstić information content (AvgIpc) is 3.29. The summed E-state index contributed by atoms with van der Waals surface area (Å²) in [6.45, 7) is 0.155. The molecule has 1 N–H and O–H groups in total. The van der Waals surface area contributed by atoms with Gasteiger partial charge >= 0.3 is 0 Å². The van der Waals surface area contributed by atoms with Crippen molar-refractivity contribution in [3.63, 3.8) is 0 Å². The van der Waals surface area contributed by atoms with Crippen LogP contribution in [0.1, 0.15) is 15.9 Å². The number of carbonyl (C=O) groups excluding carboxylic acids is 1. The highest BCUT2D eigenvalue weighted by molar-refractivity contribution is 7.92. The van der Waals surface area contributed by atoms with Crippen molar-refractivity contribution in [2.75, 3.05) is 15.9 Å². The average molecular weight is 521 g/mol. The van der Waals surface area contributed by atoms with Crippen molar-refractivity contribution in [3.05, 3.63) is 120 Å². The minimum absolute atomic E-state index is 0.155. The van der Waals surface area contributed by atoms with E-state index in [0.29, 0.717) is 22.5 Å². The largest absolute Gasteiger partial charge is 0.456 e. The first kappa shape index (κ1) is 23.8. The van der Waals surface area contributed by atoms with E-state index in [-0.39, 0.29) is 12.5 Å². The molecular weight excluding hydrogens is 496 g/mol. The van der Waals surface area contributed by atoms with Gasteiger partial charge in [0.2, 0.25) is 10.0 Å². The van der Waals surface area contributed by atoms with Crippen molar-refractivity contribution in [3.8, 4) is 0 Å². The highest BCUT2D eigenvalue weighted by Crippen LogP contribution is 2.30. The van der Waals surface area contributed by atoms with Gasteiger partial charge in [0.1, 0.15) is 11.2 Å². The molecule has 188 valence electrons. The zero-order chi connectivity index (χ0) is 26.3. The minimum Gasteiger partial charge on any atom is -0.456 e. The fourth-order valence-corrected chi connectivity index (χ4v) is 5.55. The number of fused-ring (bicyclic) bond motifs is 4. The maximum atomic E-state index is 12.9. The van der Waals surface area contributed by atoms with Gasteiger partial charge in [0.05, 0.1) is 18.5 Å². The van der Waals surface area contributed by atoms with Crippen LogP contribution in [0.5, 0.6) is 0 Å². The highest BCUT2D eigenvalue weighted by Gasteiger charge is 2.19.